The molecule has 0 spiro atoms. The fraction of sp³-hybridized carbons (Fsp3) is 0.522. The lowest BCUT2D eigenvalue weighted by Crippen LogP contribution is -2.38. The monoisotopic (exact) mass is 412 g/mol. The molecule has 1 aromatic carbocycles. The third kappa shape index (κ3) is 4.89. The van der Waals surface area contributed by atoms with Crippen molar-refractivity contribution in [2.24, 2.45) is 0 Å². The number of carbonyl (C=O) groups is 2. The number of nitrogens with zero attached hydrogens (tertiary/aromatic N) is 2. The second-order valence-corrected chi connectivity index (χ2v) is 8.39. The Kier molecular flexibility index (Phi) is 6.45. The quantitative estimate of drug-likeness (QED) is 0.755. The maximum absolute atomic E-state index is 13.1. The molecule has 2 aliphatic rings. The number of hydrogen-bond acceptors (Lipinski definition) is 3. The summed E-state index contributed by atoms with van der Waals surface area (Å²) >= 11 is 0. The Morgan fingerprint density at radius 1 is 1.10 bits per heavy atom. The van der Waals surface area contributed by atoms with Gasteiger partial charge in [-0.2, -0.15) is 5.10 Å². The van der Waals surface area contributed by atoms with Crippen LogP contribution in [0.25, 0.3) is 0 Å². The third-order valence-electron chi connectivity index (χ3n) is 6.24. The Morgan fingerprint density at radius 2 is 1.83 bits per heavy atom. The Labute approximate surface area is 176 Å². The minimum Gasteiger partial charge on any atom is -0.348 e. The number of nitrogens with one attached hydrogen (secondary N) is 2. The number of halogens is 1. The molecule has 1 saturated carbocycles. The van der Waals surface area contributed by atoms with Gasteiger partial charge in [-0.3, -0.25) is 14.7 Å². The van der Waals surface area contributed by atoms with E-state index in [2.05, 4.69) is 15.5 Å². The predicted molar refractivity (Wildman–Crippen MR) is 111 cm³/mol. The largest absolute Gasteiger partial charge is 0.348 e. The third-order valence-corrected chi connectivity index (χ3v) is 6.24. The van der Waals surface area contributed by atoms with Crippen molar-refractivity contribution < 1.29 is 14.0 Å². The van der Waals surface area contributed by atoms with E-state index in [9.17, 15) is 14.0 Å². The van der Waals surface area contributed by atoms with Crippen molar-refractivity contribution in [2.45, 2.75) is 69.9 Å². The molecule has 2 N–H and O–H groups in total. The number of likely N-dealkylation sites (tertiary alicyclic amines) is 1. The molecule has 30 heavy (non-hydrogen) atoms. The molecular formula is C23H29FN4O2. The van der Waals surface area contributed by atoms with Crippen LogP contribution >= 0.6 is 0 Å². The van der Waals surface area contributed by atoms with Crippen LogP contribution in [-0.4, -0.2) is 39.5 Å². The van der Waals surface area contributed by atoms with Gasteiger partial charge in [0.15, 0.2) is 0 Å². The van der Waals surface area contributed by atoms with Crippen LogP contribution in [0, 0.1) is 5.82 Å². The lowest BCUT2D eigenvalue weighted by molar-refractivity contribution is -0.135. The van der Waals surface area contributed by atoms with Crippen molar-refractivity contribution in [3.8, 4) is 0 Å². The smallest absolute Gasteiger partial charge is 0.271 e. The molecule has 4 rings (SSSR count). The van der Waals surface area contributed by atoms with E-state index in [0.29, 0.717) is 25.1 Å². The molecule has 0 bridgehead atoms. The molecule has 1 aliphatic carbocycles. The van der Waals surface area contributed by atoms with Crippen molar-refractivity contribution in [1.82, 2.24) is 20.4 Å². The number of hydrogen-bond donors (Lipinski definition) is 2. The first-order valence-corrected chi connectivity index (χ1v) is 11.0. The van der Waals surface area contributed by atoms with Crippen molar-refractivity contribution in [3.63, 3.8) is 0 Å². The normalized spacial score (nSPS) is 19.8. The van der Waals surface area contributed by atoms with Crippen LogP contribution in [0.5, 0.6) is 0 Å². The Bertz CT molecular complexity index is 874. The van der Waals surface area contributed by atoms with Gasteiger partial charge in [0.25, 0.3) is 5.91 Å². The summed E-state index contributed by atoms with van der Waals surface area (Å²) in [7, 11) is 0. The van der Waals surface area contributed by atoms with Gasteiger partial charge in [-0.05, 0) is 62.3 Å². The first-order chi connectivity index (χ1) is 14.6. The van der Waals surface area contributed by atoms with Crippen LogP contribution in [0.3, 0.4) is 0 Å². The second-order valence-electron chi connectivity index (χ2n) is 8.39. The number of carbonyl (C=O) groups excluding carboxylic acids is 2. The Hall–Kier alpha value is -2.70. The van der Waals surface area contributed by atoms with E-state index in [-0.39, 0.29) is 29.7 Å². The number of piperidine rings is 1. The number of aromatic nitrogens is 2. The van der Waals surface area contributed by atoms with Crippen molar-refractivity contribution in [3.05, 3.63) is 53.1 Å². The van der Waals surface area contributed by atoms with E-state index in [1.807, 2.05) is 4.90 Å². The van der Waals surface area contributed by atoms with Crippen molar-refractivity contribution in [2.75, 3.05) is 6.54 Å². The van der Waals surface area contributed by atoms with Gasteiger partial charge in [0.05, 0.1) is 11.7 Å². The number of rotatable bonds is 6. The Balaban J connectivity index is 1.39. The topological polar surface area (TPSA) is 78.1 Å². The zero-order valence-electron chi connectivity index (χ0n) is 17.2. The zero-order chi connectivity index (χ0) is 20.9. The van der Waals surface area contributed by atoms with Gasteiger partial charge in [-0.15, -0.1) is 0 Å². The van der Waals surface area contributed by atoms with Crippen LogP contribution in [0.15, 0.2) is 30.3 Å². The Morgan fingerprint density at radius 3 is 2.60 bits per heavy atom. The lowest BCUT2D eigenvalue weighted by atomic mass is 9.98. The maximum atomic E-state index is 13.1. The number of aromatic amines is 1. The standard InChI is InChI=1S/C23H29FN4O2/c24-17-11-8-16(9-12-17)10-13-22(29)28-14-4-3-7-21(28)19-15-20(27-26-19)23(30)25-18-5-1-2-6-18/h8-9,11-12,15,18,21H,1-7,10,13-14H2,(H,25,30)(H,26,27)/t21-/m1/s1. The fourth-order valence-corrected chi connectivity index (χ4v) is 4.55. The molecule has 2 amide bonds. The minimum absolute atomic E-state index is 0.0792. The number of benzene rings is 1. The summed E-state index contributed by atoms with van der Waals surface area (Å²) in [4.78, 5) is 27.3. The first kappa shape index (κ1) is 20.6. The van der Waals surface area contributed by atoms with Gasteiger partial charge in [0.1, 0.15) is 11.5 Å². The molecule has 1 atom stereocenters. The van der Waals surface area contributed by atoms with E-state index in [0.717, 1.165) is 56.2 Å². The number of amides is 2. The van der Waals surface area contributed by atoms with E-state index >= 15 is 0 Å². The molecule has 7 heteroatoms. The summed E-state index contributed by atoms with van der Waals surface area (Å²) in [6, 6.07) is 8.25. The van der Waals surface area contributed by atoms with E-state index < -0.39 is 0 Å². The van der Waals surface area contributed by atoms with Gasteiger partial charge >= 0.3 is 0 Å². The van der Waals surface area contributed by atoms with E-state index in [1.54, 1.807) is 18.2 Å². The molecule has 2 heterocycles. The average Bonchev–Trinajstić information content (AvgIpc) is 3.45. The average molecular weight is 413 g/mol. The molecule has 2 fully saturated rings. The maximum Gasteiger partial charge on any atom is 0.271 e. The predicted octanol–water partition coefficient (Wildman–Crippen LogP) is 3.91. The molecule has 1 aromatic heterocycles. The highest BCUT2D eigenvalue weighted by Gasteiger charge is 2.30. The van der Waals surface area contributed by atoms with Gasteiger partial charge in [0, 0.05) is 19.0 Å². The molecular weight excluding hydrogens is 383 g/mol. The molecule has 1 aliphatic heterocycles. The minimum atomic E-state index is -0.270. The molecule has 2 aromatic rings. The summed E-state index contributed by atoms with van der Waals surface area (Å²) in [5.41, 5.74) is 2.16. The molecule has 1 saturated heterocycles. The molecule has 0 radical (unpaired) electrons. The highest BCUT2D eigenvalue weighted by Crippen LogP contribution is 2.31. The van der Waals surface area contributed by atoms with Gasteiger partial charge in [0.2, 0.25) is 5.91 Å². The van der Waals surface area contributed by atoms with Crippen LogP contribution < -0.4 is 5.32 Å². The number of H-pyrrole nitrogens is 1. The van der Waals surface area contributed by atoms with Crippen LogP contribution in [0.4, 0.5) is 4.39 Å². The fourth-order valence-electron chi connectivity index (χ4n) is 4.55. The van der Waals surface area contributed by atoms with Gasteiger partial charge in [-0.1, -0.05) is 25.0 Å². The highest BCUT2D eigenvalue weighted by molar-refractivity contribution is 5.92. The summed E-state index contributed by atoms with van der Waals surface area (Å²) in [5, 5.41) is 10.3. The van der Waals surface area contributed by atoms with E-state index in [4.69, 9.17) is 0 Å². The molecule has 0 unspecified atom stereocenters. The SMILES string of the molecule is O=C(NC1CCCC1)c1cc([C@H]2CCCCN2C(=O)CCc2ccc(F)cc2)[nH]n1. The summed E-state index contributed by atoms with van der Waals surface area (Å²) in [6.07, 6.45) is 8.21. The van der Waals surface area contributed by atoms with Crippen molar-refractivity contribution in [1.29, 1.82) is 0 Å². The van der Waals surface area contributed by atoms with Gasteiger partial charge in [-0.25, -0.2) is 4.39 Å². The van der Waals surface area contributed by atoms with Crippen LogP contribution in [-0.2, 0) is 11.2 Å². The number of aryl methyl sites for hydroxylation is 1. The second kappa shape index (κ2) is 9.41. The highest BCUT2D eigenvalue weighted by atomic mass is 19.1. The van der Waals surface area contributed by atoms with Crippen LogP contribution in [0.2, 0.25) is 0 Å². The van der Waals surface area contributed by atoms with Crippen molar-refractivity contribution >= 4 is 11.8 Å². The molecule has 160 valence electrons. The van der Waals surface area contributed by atoms with E-state index in [1.165, 1.54) is 12.1 Å². The zero-order valence-corrected chi connectivity index (χ0v) is 17.2. The summed E-state index contributed by atoms with van der Waals surface area (Å²) in [5.74, 6) is -0.335. The lowest BCUT2D eigenvalue weighted by Gasteiger charge is -2.35. The van der Waals surface area contributed by atoms with Gasteiger partial charge < -0.3 is 10.2 Å². The summed E-state index contributed by atoms with van der Waals surface area (Å²) in [6.45, 7) is 0.704. The summed E-state index contributed by atoms with van der Waals surface area (Å²) < 4.78 is 13.1. The van der Waals surface area contributed by atoms with Crippen LogP contribution in [0.1, 0.15) is 79.2 Å². The first-order valence-electron chi connectivity index (χ1n) is 11.0. The molecule has 6 nitrogen and oxygen atoms in total.